The van der Waals surface area contributed by atoms with E-state index in [1.54, 1.807) is 0 Å². The predicted octanol–water partition coefficient (Wildman–Crippen LogP) is 0.181. The summed E-state index contributed by atoms with van der Waals surface area (Å²) in [4.78, 5) is 10.8. The Bertz CT molecular complexity index is 185. The summed E-state index contributed by atoms with van der Waals surface area (Å²) in [7, 11) is 0. The van der Waals surface area contributed by atoms with Crippen LogP contribution in [-0.4, -0.2) is 25.3 Å². The van der Waals surface area contributed by atoms with Crippen LogP contribution in [0.1, 0.15) is 12.8 Å². The van der Waals surface area contributed by atoms with Crippen molar-refractivity contribution in [3.05, 3.63) is 12.3 Å². The van der Waals surface area contributed by atoms with Crippen molar-refractivity contribution in [2.75, 3.05) is 13.2 Å². The summed E-state index contributed by atoms with van der Waals surface area (Å²) >= 11 is 0. The Kier molecular flexibility index (Phi) is 3.10. The molecule has 0 saturated carbocycles. The van der Waals surface area contributed by atoms with Crippen molar-refractivity contribution in [1.29, 1.82) is 0 Å². The zero-order valence-corrected chi connectivity index (χ0v) is 6.91. The topological polar surface area (TPSA) is 61.6 Å². The zero-order chi connectivity index (χ0) is 8.97. The minimum atomic E-state index is -0.550. The van der Waals surface area contributed by atoms with Crippen LogP contribution < -0.4 is 5.73 Å². The van der Waals surface area contributed by atoms with Crippen LogP contribution in [0.4, 0.5) is 0 Å². The summed E-state index contributed by atoms with van der Waals surface area (Å²) in [6.07, 6.45) is 2.03. The first-order valence-electron chi connectivity index (χ1n) is 3.93. The van der Waals surface area contributed by atoms with E-state index < -0.39 is 5.97 Å². The summed E-state index contributed by atoms with van der Waals surface area (Å²) in [5.41, 5.74) is 5.05. The van der Waals surface area contributed by atoms with Gasteiger partial charge in [0.05, 0.1) is 6.10 Å². The van der Waals surface area contributed by atoms with Gasteiger partial charge in [0.2, 0.25) is 0 Å². The molecular formula is C8H13NO3. The van der Waals surface area contributed by atoms with E-state index in [2.05, 4.69) is 6.58 Å². The number of hydrogen-bond acceptors (Lipinski definition) is 4. The lowest BCUT2D eigenvalue weighted by Crippen LogP contribution is -2.20. The van der Waals surface area contributed by atoms with Gasteiger partial charge in [-0.3, -0.25) is 0 Å². The summed E-state index contributed by atoms with van der Waals surface area (Å²) in [6, 6.07) is 0. The van der Waals surface area contributed by atoms with Crippen LogP contribution in [0.15, 0.2) is 12.3 Å². The predicted molar refractivity (Wildman–Crippen MR) is 43.3 cm³/mol. The number of rotatable bonds is 3. The molecule has 2 N–H and O–H groups in total. The van der Waals surface area contributed by atoms with Crippen LogP contribution in [0.2, 0.25) is 0 Å². The quantitative estimate of drug-likeness (QED) is 0.486. The molecule has 0 amide bonds. The van der Waals surface area contributed by atoms with Crippen LogP contribution in [0.25, 0.3) is 0 Å². The molecule has 4 nitrogen and oxygen atoms in total. The van der Waals surface area contributed by atoms with E-state index >= 15 is 0 Å². The van der Waals surface area contributed by atoms with Gasteiger partial charge in [0.1, 0.15) is 12.3 Å². The molecule has 1 unspecified atom stereocenters. The molecule has 1 aliphatic heterocycles. The number of nitrogens with two attached hydrogens (primary N) is 1. The number of esters is 1. The third-order valence-electron chi connectivity index (χ3n) is 1.69. The van der Waals surface area contributed by atoms with Gasteiger partial charge in [0, 0.05) is 6.61 Å². The van der Waals surface area contributed by atoms with Crippen LogP contribution in [0.5, 0.6) is 0 Å². The van der Waals surface area contributed by atoms with Gasteiger partial charge in [-0.1, -0.05) is 6.58 Å². The number of hydrogen-bond donors (Lipinski definition) is 1. The first-order valence-corrected chi connectivity index (χ1v) is 3.93. The fraction of sp³-hybridized carbons (Fsp3) is 0.625. The smallest absolute Gasteiger partial charge is 0.353 e. The van der Waals surface area contributed by atoms with E-state index in [1.165, 1.54) is 0 Å². The summed E-state index contributed by atoms with van der Waals surface area (Å²) in [5, 5.41) is 0. The maximum Gasteiger partial charge on any atom is 0.353 e. The Hall–Kier alpha value is -1.03. The molecule has 1 fully saturated rings. The van der Waals surface area contributed by atoms with Gasteiger partial charge < -0.3 is 15.2 Å². The molecule has 0 aromatic carbocycles. The molecule has 0 spiro atoms. The first-order chi connectivity index (χ1) is 5.70. The second kappa shape index (κ2) is 4.11. The number of carbonyl (C=O) groups excluding carboxylic acids is 1. The van der Waals surface area contributed by atoms with E-state index in [4.69, 9.17) is 15.2 Å². The molecule has 1 rings (SSSR count). The van der Waals surface area contributed by atoms with E-state index in [0.717, 1.165) is 19.4 Å². The van der Waals surface area contributed by atoms with Gasteiger partial charge in [0.15, 0.2) is 0 Å². The fourth-order valence-corrected chi connectivity index (χ4v) is 1.04. The van der Waals surface area contributed by atoms with Crippen molar-refractivity contribution >= 4 is 5.97 Å². The highest BCUT2D eigenvalue weighted by Crippen LogP contribution is 2.11. The average Bonchev–Trinajstić information content (AvgIpc) is 2.51. The molecule has 0 aromatic heterocycles. The van der Waals surface area contributed by atoms with E-state index in [9.17, 15) is 4.79 Å². The summed E-state index contributed by atoms with van der Waals surface area (Å²) in [5.74, 6) is -0.550. The lowest BCUT2D eigenvalue weighted by molar-refractivity contribution is -0.142. The van der Waals surface area contributed by atoms with Gasteiger partial charge >= 0.3 is 5.97 Å². The molecule has 0 aliphatic carbocycles. The third kappa shape index (κ3) is 2.54. The molecule has 68 valence electrons. The van der Waals surface area contributed by atoms with Gasteiger partial charge in [-0.25, -0.2) is 4.79 Å². The number of ether oxygens (including phenoxy) is 2. The zero-order valence-electron chi connectivity index (χ0n) is 6.91. The van der Waals surface area contributed by atoms with Gasteiger partial charge in [-0.15, -0.1) is 0 Å². The molecular weight excluding hydrogens is 158 g/mol. The highest BCUT2D eigenvalue weighted by molar-refractivity contribution is 5.86. The lowest BCUT2D eigenvalue weighted by Gasteiger charge is -2.09. The molecule has 0 radical (unpaired) electrons. The first kappa shape index (κ1) is 9.06. The average molecular weight is 171 g/mol. The minimum Gasteiger partial charge on any atom is -0.458 e. The maximum atomic E-state index is 10.8. The molecule has 4 heteroatoms. The third-order valence-corrected chi connectivity index (χ3v) is 1.69. The van der Waals surface area contributed by atoms with E-state index in [0.29, 0.717) is 0 Å². The van der Waals surface area contributed by atoms with Gasteiger partial charge in [0.25, 0.3) is 0 Å². The highest BCUT2D eigenvalue weighted by Gasteiger charge is 2.17. The molecule has 1 aliphatic rings. The van der Waals surface area contributed by atoms with Crippen molar-refractivity contribution in [3.8, 4) is 0 Å². The molecule has 12 heavy (non-hydrogen) atoms. The minimum absolute atomic E-state index is 0.0494. The standard InChI is InChI=1S/C8H13NO3/c1-6(9)8(10)12-5-7-3-2-4-11-7/h7H,1-5,9H2. The Morgan fingerprint density at radius 1 is 1.75 bits per heavy atom. The lowest BCUT2D eigenvalue weighted by atomic mass is 10.2. The molecule has 0 bridgehead atoms. The van der Waals surface area contributed by atoms with Crippen LogP contribution >= 0.6 is 0 Å². The maximum absolute atomic E-state index is 10.8. The number of carbonyl (C=O) groups is 1. The van der Waals surface area contributed by atoms with Crippen molar-refractivity contribution < 1.29 is 14.3 Å². The van der Waals surface area contributed by atoms with Crippen molar-refractivity contribution in [1.82, 2.24) is 0 Å². The second-order valence-corrected chi connectivity index (χ2v) is 2.76. The monoisotopic (exact) mass is 171 g/mol. The fourth-order valence-electron chi connectivity index (χ4n) is 1.04. The summed E-state index contributed by atoms with van der Waals surface area (Å²) in [6.45, 7) is 4.31. The highest BCUT2D eigenvalue weighted by atomic mass is 16.6. The molecule has 1 heterocycles. The van der Waals surface area contributed by atoms with Crippen molar-refractivity contribution in [2.24, 2.45) is 5.73 Å². The SMILES string of the molecule is C=C(N)C(=O)OCC1CCCO1. The van der Waals surface area contributed by atoms with Crippen molar-refractivity contribution in [2.45, 2.75) is 18.9 Å². The largest absolute Gasteiger partial charge is 0.458 e. The Morgan fingerprint density at radius 3 is 3.00 bits per heavy atom. The molecule has 0 aromatic rings. The second-order valence-electron chi connectivity index (χ2n) is 2.76. The molecule has 1 saturated heterocycles. The Balaban J connectivity index is 2.16. The van der Waals surface area contributed by atoms with E-state index in [1.807, 2.05) is 0 Å². The summed E-state index contributed by atoms with van der Waals surface area (Å²) < 4.78 is 10.0. The van der Waals surface area contributed by atoms with Crippen LogP contribution in [-0.2, 0) is 14.3 Å². The van der Waals surface area contributed by atoms with Crippen molar-refractivity contribution in [3.63, 3.8) is 0 Å². The molecule has 1 atom stereocenters. The Labute approximate surface area is 71.3 Å². The van der Waals surface area contributed by atoms with Crippen LogP contribution in [0, 0.1) is 0 Å². The van der Waals surface area contributed by atoms with Gasteiger partial charge in [-0.2, -0.15) is 0 Å². The van der Waals surface area contributed by atoms with Crippen LogP contribution in [0.3, 0.4) is 0 Å². The van der Waals surface area contributed by atoms with E-state index in [-0.39, 0.29) is 18.4 Å². The van der Waals surface area contributed by atoms with Gasteiger partial charge in [-0.05, 0) is 12.8 Å². The Morgan fingerprint density at radius 2 is 2.50 bits per heavy atom. The normalized spacial score (nSPS) is 22.2.